The molecule has 0 aromatic heterocycles. The van der Waals surface area contributed by atoms with Gasteiger partial charge in [0.2, 0.25) is 0 Å². The number of halogens is 2. The van der Waals surface area contributed by atoms with Crippen LogP contribution in [-0.4, -0.2) is 24.7 Å². The SMILES string of the molecule is COCc1cc(C(=O)NCC(O)c2ccc(Cl)cc2)ccc1F. The molecule has 6 heteroatoms. The molecule has 0 radical (unpaired) electrons. The van der Waals surface area contributed by atoms with Crippen LogP contribution in [-0.2, 0) is 11.3 Å². The lowest BCUT2D eigenvalue weighted by atomic mass is 10.1. The van der Waals surface area contributed by atoms with Gasteiger partial charge in [0.1, 0.15) is 5.82 Å². The van der Waals surface area contributed by atoms with Gasteiger partial charge in [-0.3, -0.25) is 4.79 Å². The number of amides is 1. The molecule has 0 heterocycles. The quantitative estimate of drug-likeness (QED) is 0.851. The first kappa shape index (κ1) is 17.4. The normalized spacial score (nSPS) is 12.0. The summed E-state index contributed by atoms with van der Waals surface area (Å²) in [4.78, 5) is 12.1. The average Bonchev–Trinajstić information content (AvgIpc) is 2.55. The van der Waals surface area contributed by atoms with Crippen LogP contribution in [0.2, 0.25) is 5.02 Å². The molecule has 0 saturated heterocycles. The summed E-state index contributed by atoms with van der Waals surface area (Å²) < 4.78 is 18.4. The van der Waals surface area contributed by atoms with Gasteiger partial charge in [-0.1, -0.05) is 23.7 Å². The van der Waals surface area contributed by atoms with Gasteiger partial charge in [0.15, 0.2) is 0 Å². The summed E-state index contributed by atoms with van der Waals surface area (Å²) in [5, 5.41) is 13.2. The van der Waals surface area contributed by atoms with Crippen molar-refractivity contribution in [1.29, 1.82) is 0 Å². The molecule has 1 unspecified atom stereocenters. The summed E-state index contributed by atoms with van der Waals surface area (Å²) in [6, 6.07) is 10.7. The fourth-order valence-corrected chi connectivity index (χ4v) is 2.20. The van der Waals surface area contributed by atoms with Crippen molar-refractivity contribution in [2.75, 3.05) is 13.7 Å². The van der Waals surface area contributed by atoms with Gasteiger partial charge in [0.05, 0.1) is 12.7 Å². The number of carbonyl (C=O) groups excluding carboxylic acids is 1. The third-order valence-electron chi connectivity index (χ3n) is 3.32. The molecule has 2 N–H and O–H groups in total. The molecule has 4 nitrogen and oxygen atoms in total. The summed E-state index contributed by atoms with van der Waals surface area (Å²) in [7, 11) is 1.45. The van der Waals surface area contributed by atoms with Crippen LogP contribution < -0.4 is 5.32 Å². The van der Waals surface area contributed by atoms with E-state index in [9.17, 15) is 14.3 Å². The number of hydrogen-bond donors (Lipinski definition) is 2. The smallest absolute Gasteiger partial charge is 0.251 e. The Balaban J connectivity index is 1.99. The summed E-state index contributed by atoms with van der Waals surface area (Å²) >= 11 is 5.78. The van der Waals surface area contributed by atoms with Crippen LogP contribution in [0, 0.1) is 5.82 Å². The van der Waals surface area contributed by atoms with E-state index in [2.05, 4.69) is 5.32 Å². The Hall–Kier alpha value is -1.95. The Labute approximate surface area is 138 Å². The predicted octanol–water partition coefficient (Wildman–Crippen LogP) is 3.09. The minimum atomic E-state index is -0.852. The molecular weight excluding hydrogens is 321 g/mol. The Morgan fingerprint density at radius 3 is 2.65 bits per heavy atom. The number of aliphatic hydroxyl groups is 1. The number of methoxy groups -OCH3 is 1. The van der Waals surface area contributed by atoms with Crippen LogP contribution in [0.15, 0.2) is 42.5 Å². The van der Waals surface area contributed by atoms with Crippen LogP contribution >= 0.6 is 11.6 Å². The highest BCUT2D eigenvalue weighted by molar-refractivity contribution is 6.30. The zero-order valence-electron chi connectivity index (χ0n) is 12.6. The molecule has 0 saturated carbocycles. The molecule has 2 rings (SSSR count). The van der Waals surface area contributed by atoms with Crippen molar-refractivity contribution in [3.05, 3.63) is 70.0 Å². The van der Waals surface area contributed by atoms with E-state index in [-0.39, 0.29) is 13.2 Å². The summed E-state index contributed by atoms with van der Waals surface area (Å²) in [6.45, 7) is 0.123. The van der Waals surface area contributed by atoms with Crippen molar-refractivity contribution in [2.24, 2.45) is 0 Å². The molecule has 1 atom stereocenters. The van der Waals surface area contributed by atoms with E-state index in [4.69, 9.17) is 16.3 Å². The zero-order valence-corrected chi connectivity index (χ0v) is 13.3. The molecular formula is C17H17ClFNO3. The number of hydrogen-bond acceptors (Lipinski definition) is 3. The van der Waals surface area contributed by atoms with Gasteiger partial charge in [0.25, 0.3) is 5.91 Å². The van der Waals surface area contributed by atoms with Crippen LogP contribution in [0.5, 0.6) is 0 Å². The molecule has 2 aromatic carbocycles. The van der Waals surface area contributed by atoms with Crippen LogP contribution in [0.4, 0.5) is 4.39 Å². The van der Waals surface area contributed by atoms with E-state index < -0.39 is 17.8 Å². The Morgan fingerprint density at radius 2 is 2.00 bits per heavy atom. The Morgan fingerprint density at radius 1 is 1.30 bits per heavy atom. The van der Waals surface area contributed by atoms with Gasteiger partial charge in [-0.05, 0) is 35.9 Å². The fraction of sp³-hybridized carbons (Fsp3) is 0.235. The Kier molecular flexibility index (Phi) is 6.10. The van der Waals surface area contributed by atoms with E-state index in [1.807, 2.05) is 0 Å². The highest BCUT2D eigenvalue weighted by atomic mass is 35.5. The highest BCUT2D eigenvalue weighted by Gasteiger charge is 2.13. The molecule has 0 fully saturated rings. The summed E-state index contributed by atoms with van der Waals surface area (Å²) in [5.74, 6) is -0.819. The molecule has 0 spiro atoms. The van der Waals surface area contributed by atoms with Crippen molar-refractivity contribution < 1.29 is 19.0 Å². The predicted molar refractivity (Wildman–Crippen MR) is 85.9 cm³/mol. The lowest BCUT2D eigenvalue weighted by Gasteiger charge is -2.13. The first-order valence-electron chi connectivity index (χ1n) is 7.00. The highest BCUT2D eigenvalue weighted by Crippen LogP contribution is 2.16. The maximum absolute atomic E-state index is 13.5. The summed E-state index contributed by atoms with van der Waals surface area (Å²) in [6.07, 6.45) is -0.852. The molecule has 0 aliphatic rings. The van der Waals surface area contributed by atoms with Crippen molar-refractivity contribution in [2.45, 2.75) is 12.7 Å². The van der Waals surface area contributed by atoms with E-state index in [0.717, 1.165) is 0 Å². The van der Waals surface area contributed by atoms with Gasteiger partial charge >= 0.3 is 0 Å². The fourth-order valence-electron chi connectivity index (χ4n) is 2.08. The molecule has 2 aromatic rings. The number of rotatable bonds is 6. The van der Waals surface area contributed by atoms with E-state index in [1.165, 1.54) is 25.3 Å². The average molecular weight is 338 g/mol. The summed E-state index contributed by atoms with van der Waals surface area (Å²) in [5.41, 5.74) is 1.26. The second-order valence-corrected chi connectivity index (χ2v) is 5.45. The second kappa shape index (κ2) is 8.06. The monoisotopic (exact) mass is 337 g/mol. The molecule has 122 valence electrons. The number of carbonyl (C=O) groups is 1. The number of nitrogens with one attached hydrogen (secondary N) is 1. The number of benzene rings is 2. The van der Waals surface area contributed by atoms with E-state index in [0.29, 0.717) is 21.7 Å². The topological polar surface area (TPSA) is 58.6 Å². The van der Waals surface area contributed by atoms with Gasteiger partial charge in [-0.15, -0.1) is 0 Å². The van der Waals surface area contributed by atoms with Crippen LogP contribution in [0.3, 0.4) is 0 Å². The molecule has 0 aliphatic carbocycles. The van der Waals surface area contributed by atoms with E-state index >= 15 is 0 Å². The number of ether oxygens (including phenoxy) is 1. The van der Waals surface area contributed by atoms with Crippen LogP contribution in [0.1, 0.15) is 27.6 Å². The minimum absolute atomic E-state index is 0.0391. The van der Waals surface area contributed by atoms with Gasteiger partial charge in [-0.25, -0.2) is 4.39 Å². The third-order valence-corrected chi connectivity index (χ3v) is 3.57. The Bertz CT molecular complexity index is 676. The molecule has 0 bridgehead atoms. The first-order chi connectivity index (χ1) is 11.0. The first-order valence-corrected chi connectivity index (χ1v) is 7.38. The lowest BCUT2D eigenvalue weighted by Crippen LogP contribution is -2.28. The maximum Gasteiger partial charge on any atom is 0.251 e. The standard InChI is InChI=1S/C17H17ClFNO3/c1-23-10-13-8-12(4-7-15(13)19)17(22)20-9-16(21)11-2-5-14(18)6-3-11/h2-8,16,21H,9-10H2,1H3,(H,20,22). The molecule has 0 aliphatic heterocycles. The third kappa shape index (κ3) is 4.76. The van der Waals surface area contributed by atoms with Crippen molar-refractivity contribution in [3.63, 3.8) is 0 Å². The molecule has 23 heavy (non-hydrogen) atoms. The van der Waals surface area contributed by atoms with Gasteiger partial charge in [-0.2, -0.15) is 0 Å². The van der Waals surface area contributed by atoms with Crippen molar-refractivity contribution in [1.82, 2.24) is 5.32 Å². The number of aliphatic hydroxyl groups excluding tert-OH is 1. The minimum Gasteiger partial charge on any atom is -0.387 e. The van der Waals surface area contributed by atoms with E-state index in [1.54, 1.807) is 24.3 Å². The van der Waals surface area contributed by atoms with Crippen LogP contribution in [0.25, 0.3) is 0 Å². The molecule has 1 amide bonds. The lowest BCUT2D eigenvalue weighted by molar-refractivity contribution is 0.0916. The maximum atomic E-state index is 13.5. The second-order valence-electron chi connectivity index (χ2n) is 5.02. The van der Waals surface area contributed by atoms with Gasteiger partial charge < -0.3 is 15.2 Å². The van der Waals surface area contributed by atoms with Crippen molar-refractivity contribution in [3.8, 4) is 0 Å². The zero-order chi connectivity index (χ0) is 16.8. The largest absolute Gasteiger partial charge is 0.387 e. The van der Waals surface area contributed by atoms with Gasteiger partial charge in [0, 0.05) is 29.8 Å². The van der Waals surface area contributed by atoms with Crippen molar-refractivity contribution >= 4 is 17.5 Å².